The van der Waals surface area contributed by atoms with E-state index in [0.717, 1.165) is 22.3 Å². The average molecular weight is 428 g/mol. The lowest BCUT2D eigenvalue weighted by molar-refractivity contribution is -0.137. The number of carbonyl (C=O) groups excluding carboxylic acids is 1. The van der Waals surface area contributed by atoms with Crippen molar-refractivity contribution in [2.45, 2.75) is 12.1 Å². The van der Waals surface area contributed by atoms with Crippen LogP contribution in [0.1, 0.15) is 33.1 Å². The van der Waals surface area contributed by atoms with Crippen LogP contribution >= 0.6 is 0 Å². The molecule has 1 aliphatic carbocycles. The lowest BCUT2D eigenvalue weighted by Gasteiger charge is -2.15. The molecule has 9 heteroatoms. The van der Waals surface area contributed by atoms with Gasteiger partial charge >= 0.3 is 18.2 Å². The molecule has 2 N–H and O–H groups in total. The van der Waals surface area contributed by atoms with Crippen molar-refractivity contribution in [3.8, 4) is 11.1 Å². The summed E-state index contributed by atoms with van der Waals surface area (Å²) in [7, 11) is 0. The fourth-order valence-corrected chi connectivity index (χ4v) is 3.63. The van der Waals surface area contributed by atoms with Crippen molar-refractivity contribution in [3.05, 3.63) is 83.2 Å². The van der Waals surface area contributed by atoms with Gasteiger partial charge in [-0.1, -0.05) is 48.5 Å². The van der Waals surface area contributed by atoms with Gasteiger partial charge in [-0.3, -0.25) is 5.32 Å². The van der Waals surface area contributed by atoms with Gasteiger partial charge in [-0.15, -0.1) is 0 Å². The van der Waals surface area contributed by atoms with E-state index in [1.54, 1.807) is 0 Å². The van der Waals surface area contributed by atoms with E-state index < -0.39 is 35.2 Å². The third-order valence-corrected chi connectivity index (χ3v) is 5.00. The Bertz CT molecular complexity index is 1130. The summed E-state index contributed by atoms with van der Waals surface area (Å²) in [4.78, 5) is 26.9. The predicted octanol–water partition coefficient (Wildman–Crippen LogP) is 5.16. The van der Waals surface area contributed by atoms with Crippen LogP contribution in [0.25, 0.3) is 11.1 Å². The topological polar surface area (TPSA) is 88.5 Å². The number of hydrogen-bond acceptors (Lipinski definition) is 4. The third kappa shape index (κ3) is 3.94. The molecule has 0 atom stereocenters. The molecule has 1 aliphatic rings. The maximum atomic E-state index is 12.9. The van der Waals surface area contributed by atoms with Crippen LogP contribution in [0.3, 0.4) is 0 Å². The molecule has 0 bridgehead atoms. The van der Waals surface area contributed by atoms with Crippen molar-refractivity contribution in [2.75, 3.05) is 11.9 Å². The summed E-state index contributed by atoms with van der Waals surface area (Å²) in [6, 6.07) is 15.8. The Balaban J connectivity index is 1.54. The molecule has 3 aromatic rings. The van der Waals surface area contributed by atoms with Crippen molar-refractivity contribution in [1.29, 1.82) is 0 Å². The van der Waals surface area contributed by atoms with Gasteiger partial charge in [0, 0.05) is 12.1 Å². The maximum Gasteiger partial charge on any atom is 0.417 e. The number of aromatic carboxylic acids is 1. The molecule has 0 aliphatic heterocycles. The summed E-state index contributed by atoms with van der Waals surface area (Å²) in [5.74, 6) is -1.83. The summed E-state index contributed by atoms with van der Waals surface area (Å²) in [6.07, 6.45) is -5.43. The van der Waals surface area contributed by atoms with Gasteiger partial charge in [0.15, 0.2) is 5.69 Å². The van der Waals surface area contributed by atoms with Gasteiger partial charge in [0.1, 0.15) is 6.61 Å². The Labute approximate surface area is 174 Å². The van der Waals surface area contributed by atoms with E-state index in [1.807, 2.05) is 48.5 Å². The second-order valence-electron chi connectivity index (χ2n) is 6.87. The van der Waals surface area contributed by atoms with Gasteiger partial charge < -0.3 is 9.84 Å². The summed E-state index contributed by atoms with van der Waals surface area (Å²) in [6.45, 7) is -0.0747. The zero-order chi connectivity index (χ0) is 22.2. The predicted molar refractivity (Wildman–Crippen MR) is 105 cm³/mol. The summed E-state index contributed by atoms with van der Waals surface area (Å²) >= 11 is 0. The molecule has 1 aromatic heterocycles. The number of aromatic nitrogens is 1. The first-order valence-electron chi connectivity index (χ1n) is 9.18. The van der Waals surface area contributed by atoms with Crippen molar-refractivity contribution >= 4 is 17.7 Å². The molecule has 0 saturated heterocycles. The number of nitrogens with one attached hydrogen (secondary N) is 1. The molecule has 0 fully saturated rings. The number of alkyl halides is 3. The Morgan fingerprint density at radius 2 is 1.61 bits per heavy atom. The lowest BCUT2D eigenvalue weighted by atomic mass is 9.98. The number of anilines is 1. The molecule has 1 heterocycles. The maximum absolute atomic E-state index is 12.9. The average Bonchev–Trinajstić information content (AvgIpc) is 3.05. The van der Waals surface area contributed by atoms with Gasteiger partial charge in [-0.2, -0.15) is 13.2 Å². The molecule has 0 saturated carbocycles. The van der Waals surface area contributed by atoms with Crippen molar-refractivity contribution < 1.29 is 32.6 Å². The first kappa shape index (κ1) is 20.4. The zero-order valence-electron chi connectivity index (χ0n) is 15.8. The van der Waals surface area contributed by atoms with Crippen molar-refractivity contribution in [1.82, 2.24) is 4.98 Å². The zero-order valence-corrected chi connectivity index (χ0v) is 15.8. The van der Waals surface area contributed by atoms with Gasteiger partial charge in [0.25, 0.3) is 0 Å². The molecule has 4 rings (SSSR count). The number of hydrogen-bond donors (Lipinski definition) is 2. The first-order valence-corrected chi connectivity index (χ1v) is 9.18. The largest absolute Gasteiger partial charge is 0.476 e. The van der Waals surface area contributed by atoms with E-state index in [0.29, 0.717) is 12.3 Å². The Kier molecular flexibility index (Phi) is 5.10. The second-order valence-corrected chi connectivity index (χ2v) is 6.87. The van der Waals surface area contributed by atoms with E-state index in [-0.39, 0.29) is 12.5 Å². The molecule has 6 nitrogen and oxygen atoms in total. The number of carboxylic acid groups (broad SMARTS) is 1. The normalized spacial score (nSPS) is 12.7. The Hall–Kier alpha value is -3.88. The fraction of sp³-hybridized carbons (Fsp3) is 0.136. The molecule has 2 aromatic carbocycles. The van der Waals surface area contributed by atoms with Crippen LogP contribution in [0.2, 0.25) is 0 Å². The number of nitrogens with zero attached hydrogens (tertiary/aromatic N) is 1. The van der Waals surface area contributed by atoms with E-state index in [9.17, 15) is 22.8 Å². The van der Waals surface area contributed by atoms with Crippen LogP contribution in [0.15, 0.2) is 60.8 Å². The summed E-state index contributed by atoms with van der Waals surface area (Å²) in [5.41, 5.74) is 1.45. The highest BCUT2D eigenvalue weighted by molar-refractivity contribution is 5.97. The van der Waals surface area contributed by atoms with Gasteiger partial charge in [-0.25, -0.2) is 14.6 Å². The number of halogens is 3. The third-order valence-electron chi connectivity index (χ3n) is 5.00. The standard InChI is InChI=1S/C22H15F3N2O4/c23-22(24,25)12-9-18(19(20(28)29)26-10-12)27-21(30)31-11-17-15-7-3-1-5-13(15)14-6-2-4-8-16(14)17/h1-10,17H,11H2,(H,27,30)(H,28,29). The van der Waals surface area contributed by atoms with Gasteiger partial charge in [0.2, 0.25) is 0 Å². The molecule has 0 unspecified atom stereocenters. The highest BCUT2D eigenvalue weighted by atomic mass is 19.4. The Morgan fingerprint density at radius 1 is 1.03 bits per heavy atom. The highest BCUT2D eigenvalue weighted by Gasteiger charge is 2.33. The number of carboxylic acids is 1. The number of benzene rings is 2. The minimum atomic E-state index is -4.75. The van der Waals surface area contributed by atoms with Crippen LogP contribution < -0.4 is 5.32 Å². The first-order chi connectivity index (χ1) is 14.8. The van der Waals surface area contributed by atoms with Crippen LogP contribution in [-0.2, 0) is 10.9 Å². The molecular weight excluding hydrogens is 413 g/mol. The lowest BCUT2D eigenvalue weighted by Crippen LogP contribution is -2.20. The summed E-state index contributed by atoms with van der Waals surface area (Å²) in [5, 5.41) is 11.2. The number of fused-ring (bicyclic) bond motifs is 3. The van der Waals surface area contributed by atoms with E-state index in [2.05, 4.69) is 10.3 Å². The minimum Gasteiger partial charge on any atom is -0.476 e. The fourth-order valence-electron chi connectivity index (χ4n) is 3.63. The minimum absolute atomic E-state index is 0.0747. The van der Waals surface area contributed by atoms with Crippen LogP contribution in [0, 0.1) is 0 Å². The van der Waals surface area contributed by atoms with Gasteiger partial charge in [-0.05, 0) is 28.3 Å². The van der Waals surface area contributed by atoms with Gasteiger partial charge in [0.05, 0.1) is 11.3 Å². The quantitative estimate of drug-likeness (QED) is 0.599. The number of rotatable bonds is 4. The molecule has 158 valence electrons. The molecule has 31 heavy (non-hydrogen) atoms. The van der Waals surface area contributed by atoms with Crippen LogP contribution in [0.5, 0.6) is 0 Å². The molecule has 0 spiro atoms. The van der Waals surface area contributed by atoms with Crippen molar-refractivity contribution in [2.24, 2.45) is 0 Å². The highest BCUT2D eigenvalue weighted by Crippen LogP contribution is 2.44. The number of pyridine rings is 1. The number of carbonyl (C=O) groups is 2. The number of amides is 1. The monoisotopic (exact) mass is 428 g/mol. The second kappa shape index (κ2) is 7.75. The molecular formula is C22H15F3N2O4. The smallest absolute Gasteiger partial charge is 0.417 e. The Morgan fingerprint density at radius 3 is 2.16 bits per heavy atom. The van der Waals surface area contributed by atoms with Crippen molar-refractivity contribution in [3.63, 3.8) is 0 Å². The van der Waals surface area contributed by atoms with Crippen LogP contribution in [0.4, 0.5) is 23.7 Å². The van der Waals surface area contributed by atoms with Crippen LogP contribution in [-0.4, -0.2) is 28.8 Å². The van der Waals surface area contributed by atoms with E-state index >= 15 is 0 Å². The molecule has 1 amide bonds. The van der Waals surface area contributed by atoms with E-state index in [4.69, 9.17) is 9.84 Å². The summed E-state index contributed by atoms with van der Waals surface area (Å²) < 4.78 is 44.1. The SMILES string of the molecule is O=C(Nc1cc(C(F)(F)F)cnc1C(=O)O)OCC1c2ccccc2-c2ccccc21. The molecule has 0 radical (unpaired) electrons. The van der Waals surface area contributed by atoms with E-state index in [1.165, 1.54) is 0 Å². The number of ether oxygens (including phenoxy) is 1.